The second-order valence-corrected chi connectivity index (χ2v) is 23.4. The molecule has 0 N–H and O–H groups in total. The van der Waals surface area contributed by atoms with Crippen LogP contribution in [0.2, 0.25) is 0 Å². The molecule has 4 saturated carbocycles. The minimum Gasteiger partial charge on any atom is -0.303 e. The number of hydrogen-bond acceptors (Lipinski definition) is 4. The van der Waals surface area contributed by atoms with Crippen LogP contribution in [0.25, 0.3) is 0 Å². The van der Waals surface area contributed by atoms with Crippen molar-refractivity contribution in [2.45, 2.75) is 197 Å². The standard InChI is InChI=1S/C15H29N.C14H27N.C13H25N.C12H23N/c1-13(2)15-8-10-16(11-9-15)12-14-6-4-3-5-7-14;1-12(2)14-7-9-15(10-8-14)11-13-5-3-4-6-13;1-11(2)13-6-8-14(9-7-13)10-12-4-3-5-12;1-10(2)12-5-7-13(8-6-12)9-11-3-4-11/h13-15H,3-12H2,1-2H3;12-14H,3-11H2,1-2H3;11-13H,3-10H2,1-2H3;10-12H,3-9H2,1-2H3. The van der Waals surface area contributed by atoms with Gasteiger partial charge in [0.15, 0.2) is 0 Å². The van der Waals surface area contributed by atoms with Crippen LogP contribution in [0.4, 0.5) is 0 Å². The van der Waals surface area contributed by atoms with Crippen LogP contribution in [0.1, 0.15) is 197 Å². The number of likely N-dealkylation sites (tertiary alicyclic amines) is 4. The van der Waals surface area contributed by atoms with Crippen molar-refractivity contribution < 1.29 is 0 Å². The summed E-state index contributed by atoms with van der Waals surface area (Å²) < 4.78 is 0. The van der Waals surface area contributed by atoms with Crippen LogP contribution in [0.15, 0.2) is 0 Å². The Morgan fingerprint density at radius 2 is 0.466 bits per heavy atom. The maximum atomic E-state index is 2.74. The Morgan fingerprint density at radius 3 is 0.655 bits per heavy atom. The molecule has 8 fully saturated rings. The monoisotopic (exact) mass is 809 g/mol. The molecular formula is C54H104N4. The van der Waals surface area contributed by atoms with Gasteiger partial charge < -0.3 is 19.6 Å². The zero-order chi connectivity index (χ0) is 41.3. The van der Waals surface area contributed by atoms with E-state index in [2.05, 4.69) is 75.0 Å². The van der Waals surface area contributed by atoms with Crippen molar-refractivity contribution in [3.63, 3.8) is 0 Å². The van der Waals surface area contributed by atoms with E-state index in [-0.39, 0.29) is 0 Å². The van der Waals surface area contributed by atoms with Gasteiger partial charge in [-0.2, -0.15) is 0 Å². The van der Waals surface area contributed by atoms with Crippen molar-refractivity contribution in [1.82, 2.24) is 19.6 Å². The van der Waals surface area contributed by atoms with Gasteiger partial charge in [0.2, 0.25) is 0 Å². The van der Waals surface area contributed by atoms with Crippen molar-refractivity contribution in [1.29, 1.82) is 0 Å². The van der Waals surface area contributed by atoms with E-state index in [0.29, 0.717) is 0 Å². The summed E-state index contributed by atoms with van der Waals surface area (Å²) in [5.74, 6) is 11.8. The second-order valence-electron chi connectivity index (χ2n) is 23.4. The van der Waals surface area contributed by atoms with Crippen molar-refractivity contribution >= 4 is 0 Å². The van der Waals surface area contributed by atoms with Crippen LogP contribution in [0.3, 0.4) is 0 Å². The van der Waals surface area contributed by atoms with Crippen LogP contribution < -0.4 is 0 Å². The average Bonchev–Trinajstić information content (AvgIpc) is 3.88. The summed E-state index contributed by atoms with van der Waals surface area (Å²) in [5, 5.41) is 0. The zero-order valence-electron chi connectivity index (χ0n) is 40.8. The fourth-order valence-corrected chi connectivity index (χ4v) is 12.2. The number of nitrogens with zero attached hydrogens (tertiary/aromatic N) is 4. The summed E-state index contributed by atoms with van der Waals surface area (Å²) in [6.07, 6.45) is 32.6. The molecule has 4 heterocycles. The molecule has 4 nitrogen and oxygen atoms in total. The van der Waals surface area contributed by atoms with Crippen LogP contribution in [-0.4, -0.2) is 98.1 Å². The van der Waals surface area contributed by atoms with Gasteiger partial charge in [0.25, 0.3) is 0 Å². The van der Waals surface area contributed by atoms with Crippen molar-refractivity contribution in [2.75, 3.05) is 78.5 Å². The van der Waals surface area contributed by atoms with Crippen LogP contribution in [0, 0.1) is 71.0 Å². The van der Waals surface area contributed by atoms with Crippen LogP contribution in [-0.2, 0) is 0 Å². The summed E-state index contributed by atoms with van der Waals surface area (Å²) in [7, 11) is 0. The molecule has 0 unspecified atom stereocenters. The summed E-state index contributed by atoms with van der Waals surface area (Å²) in [6, 6.07) is 0. The van der Waals surface area contributed by atoms with E-state index in [1.165, 1.54) is 220 Å². The molecule has 58 heavy (non-hydrogen) atoms. The highest BCUT2D eigenvalue weighted by Gasteiger charge is 2.29. The summed E-state index contributed by atoms with van der Waals surface area (Å²) >= 11 is 0. The molecular weight excluding hydrogens is 705 g/mol. The fraction of sp³-hybridized carbons (Fsp3) is 1.00. The van der Waals surface area contributed by atoms with E-state index < -0.39 is 0 Å². The molecule has 4 aliphatic heterocycles. The molecule has 8 aliphatic rings. The van der Waals surface area contributed by atoms with Gasteiger partial charge in [-0.05, 0) is 226 Å². The SMILES string of the molecule is CC(C)C1CCN(CC2CC2)CC1.CC(C)C1CCN(CC2CCC2)CC1.CC(C)C1CCN(CC2CCCC2)CC1.CC(C)C1CCN(CC2CCCCC2)CC1. The Balaban J connectivity index is 0.000000148. The smallest absolute Gasteiger partial charge is 0.000966 e. The van der Waals surface area contributed by atoms with E-state index in [4.69, 9.17) is 0 Å². The van der Waals surface area contributed by atoms with Gasteiger partial charge in [-0.1, -0.05) is 93.9 Å². The number of rotatable bonds is 12. The Kier molecular flexibility index (Phi) is 22.3. The third kappa shape index (κ3) is 18.3. The lowest BCUT2D eigenvalue weighted by Gasteiger charge is -2.38. The third-order valence-corrected chi connectivity index (χ3v) is 17.5. The van der Waals surface area contributed by atoms with E-state index >= 15 is 0 Å². The first-order valence-corrected chi connectivity index (χ1v) is 26.9. The second kappa shape index (κ2) is 26.5. The maximum Gasteiger partial charge on any atom is 0.000966 e. The number of hydrogen-bond donors (Lipinski definition) is 0. The largest absolute Gasteiger partial charge is 0.303 e. The van der Waals surface area contributed by atoms with E-state index in [0.717, 1.165) is 71.0 Å². The van der Waals surface area contributed by atoms with Gasteiger partial charge in [-0.3, -0.25) is 0 Å². The third-order valence-electron chi connectivity index (χ3n) is 17.5. The van der Waals surface area contributed by atoms with Gasteiger partial charge >= 0.3 is 0 Å². The molecule has 0 atom stereocenters. The fourth-order valence-electron chi connectivity index (χ4n) is 12.2. The Bertz CT molecular complexity index is 1000. The van der Waals surface area contributed by atoms with Gasteiger partial charge in [0, 0.05) is 26.2 Å². The summed E-state index contributed by atoms with van der Waals surface area (Å²) in [4.78, 5) is 10.9. The van der Waals surface area contributed by atoms with Gasteiger partial charge in [0.1, 0.15) is 0 Å². The topological polar surface area (TPSA) is 13.0 Å². The maximum absolute atomic E-state index is 2.74. The first kappa shape index (κ1) is 48.9. The van der Waals surface area contributed by atoms with Crippen LogP contribution >= 0.6 is 0 Å². The summed E-state index contributed by atoms with van der Waals surface area (Å²) in [6.45, 7) is 35.7. The molecule has 4 aliphatic carbocycles. The van der Waals surface area contributed by atoms with Crippen molar-refractivity contribution in [3.05, 3.63) is 0 Å². The molecule has 0 spiro atoms. The highest BCUT2D eigenvalue weighted by atomic mass is 15.1. The van der Waals surface area contributed by atoms with E-state index in [9.17, 15) is 0 Å². The normalized spacial score (nSPS) is 26.7. The molecule has 340 valence electrons. The lowest BCUT2D eigenvalue weighted by molar-refractivity contribution is 0.117. The zero-order valence-corrected chi connectivity index (χ0v) is 40.8. The molecule has 0 aromatic carbocycles. The van der Waals surface area contributed by atoms with Crippen molar-refractivity contribution in [2.24, 2.45) is 71.0 Å². The highest BCUT2D eigenvalue weighted by molar-refractivity contribution is 4.83. The molecule has 4 heteroatoms. The quantitative estimate of drug-likeness (QED) is 0.195. The Morgan fingerprint density at radius 1 is 0.259 bits per heavy atom. The van der Waals surface area contributed by atoms with E-state index in [1.54, 1.807) is 0 Å². The first-order valence-electron chi connectivity index (χ1n) is 26.9. The van der Waals surface area contributed by atoms with Gasteiger partial charge in [0.05, 0.1) is 0 Å². The molecule has 4 saturated heterocycles. The predicted octanol–water partition coefficient (Wildman–Crippen LogP) is 13.4. The molecule has 0 amide bonds. The predicted molar refractivity (Wildman–Crippen MR) is 255 cm³/mol. The minimum atomic E-state index is 0.900. The molecule has 0 bridgehead atoms. The number of piperidine rings is 4. The Hall–Kier alpha value is -0.160. The van der Waals surface area contributed by atoms with Gasteiger partial charge in [-0.15, -0.1) is 0 Å². The lowest BCUT2D eigenvalue weighted by Crippen LogP contribution is -2.39. The van der Waals surface area contributed by atoms with E-state index in [1.807, 2.05) is 0 Å². The molecule has 8 rings (SSSR count). The lowest BCUT2D eigenvalue weighted by atomic mass is 9.83. The Labute approximate surface area is 364 Å². The van der Waals surface area contributed by atoms with Gasteiger partial charge in [-0.25, -0.2) is 0 Å². The molecule has 0 radical (unpaired) electrons. The average molecular weight is 809 g/mol. The molecule has 0 aromatic heterocycles. The highest BCUT2D eigenvalue weighted by Crippen LogP contribution is 2.34. The van der Waals surface area contributed by atoms with Crippen molar-refractivity contribution in [3.8, 4) is 0 Å². The summed E-state index contributed by atoms with van der Waals surface area (Å²) in [5.41, 5.74) is 0. The first-order chi connectivity index (χ1) is 28.0. The molecule has 0 aromatic rings. The van der Waals surface area contributed by atoms with Crippen LogP contribution in [0.5, 0.6) is 0 Å². The minimum absolute atomic E-state index is 0.900.